The van der Waals surface area contributed by atoms with Gasteiger partial charge in [-0.2, -0.15) is 0 Å². The molecule has 0 spiro atoms. The lowest BCUT2D eigenvalue weighted by Crippen LogP contribution is -2.46. The zero-order valence-electron chi connectivity index (χ0n) is 18.6. The molecule has 1 saturated heterocycles. The zero-order chi connectivity index (χ0) is 23.0. The van der Waals surface area contributed by atoms with Gasteiger partial charge in [0.05, 0.1) is 0 Å². The topological polar surface area (TPSA) is 117 Å². The largest absolute Gasteiger partial charge is 0.444 e. The van der Waals surface area contributed by atoms with Gasteiger partial charge in [0.25, 0.3) is 5.91 Å². The molecule has 1 aliphatic heterocycles. The van der Waals surface area contributed by atoms with Crippen LogP contribution in [0.2, 0.25) is 0 Å². The first-order valence-electron chi connectivity index (χ1n) is 10.4. The number of alkyl carbamates (subject to hydrolysis) is 1. The minimum atomic E-state index is -0.610. The monoisotopic (exact) mass is 432 g/mol. The Bertz CT molecular complexity index is 810. The number of nitrogens with zero attached hydrogens (tertiary/aromatic N) is 1. The molecule has 170 valence electrons. The molecule has 0 atom stereocenters. The average molecular weight is 433 g/mol. The fourth-order valence-corrected chi connectivity index (χ4v) is 3.24. The number of carbonyl (C=O) groups excluding carboxylic acids is 4. The maximum Gasteiger partial charge on any atom is 0.408 e. The van der Waals surface area contributed by atoms with Gasteiger partial charge in [0, 0.05) is 37.8 Å². The summed E-state index contributed by atoms with van der Waals surface area (Å²) < 4.78 is 5.13. The number of rotatable bonds is 6. The van der Waals surface area contributed by atoms with Gasteiger partial charge in [-0.05, 0) is 57.7 Å². The van der Waals surface area contributed by atoms with E-state index in [0.29, 0.717) is 30.9 Å². The molecule has 1 aromatic carbocycles. The van der Waals surface area contributed by atoms with Crippen LogP contribution in [0.5, 0.6) is 0 Å². The van der Waals surface area contributed by atoms with Crippen LogP contribution in [-0.4, -0.2) is 60.5 Å². The molecule has 1 aliphatic rings. The van der Waals surface area contributed by atoms with Crippen molar-refractivity contribution in [1.82, 2.24) is 15.5 Å². The van der Waals surface area contributed by atoms with Crippen LogP contribution >= 0.6 is 0 Å². The number of nitrogens with one attached hydrogen (secondary N) is 3. The van der Waals surface area contributed by atoms with Crippen LogP contribution in [0.4, 0.5) is 10.5 Å². The normalized spacial score (nSPS) is 14.5. The van der Waals surface area contributed by atoms with Crippen LogP contribution in [0.1, 0.15) is 50.9 Å². The van der Waals surface area contributed by atoms with E-state index in [-0.39, 0.29) is 30.2 Å². The third-order valence-corrected chi connectivity index (χ3v) is 4.75. The van der Waals surface area contributed by atoms with Gasteiger partial charge in [0.1, 0.15) is 12.1 Å². The van der Waals surface area contributed by atoms with Gasteiger partial charge in [0.2, 0.25) is 11.8 Å². The van der Waals surface area contributed by atoms with Crippen molar-refractivity contribution in [3.63, 3.8) is 0 Å². The Morgan fingerprint density at radius 1 is 1.10 bits per heavy atom. The number of likely N-dealkylation sites (tertiary alicyclic amines) is 1. The maximum atomic E-state index is 12.4. The van der Waals surface area contributed by atoms with Crippen molar-refractivity contribution in [2.24, 2.45) is 5.92 Å². The van der Waals surface area contributed by atoms with Crippen LogP contribution < -0.4 is 16.0 Å². The van der Waals surface area contributed by atoms with Crippen molar-refractivity contribution in [3.05, 3.63) is 29.8 Å². The molecular formula is C22H32N4O5. The first-order valence-corrected chi connectivity index (χ1v) is 10.4. The highest BCUT2D eigenvalue weighted by Crippen LogP contribution is 2.17. The molecule has 0 unspecified atom stereocenters. The Balaban J connectivity index is 1.72. The zero-order valence-corrected chi connectivity index (χ0v) is 18.6. The molecular weight excluding hydrogens is 400 g/mol. The average Bonchev–Trinajstić information content (AvgIpc) is 2.69. The van der Waals surface area contributed by atoms with Crippen molar-refractivity contribution in [1.29, 1.82) is 0 Å². The van der Waals surface area contributed by atoms with Gasteiger partial charge in [-0.1, -0.05) is 6.07 Å². The van der Waals surface area contributed by atoms with Gasteiger partial charge < -0.3 is 25.6 Å². The molecule has 31 heavy (non-hydrogen) atoms. The molecule has 3 N–H and O–H groups in total. The van der Waals surface area contributed by atoms with Crippen LogP contribution in [-0.2, 0) is 14.3 Å². The summed E-state index contributed by atoms with van der Waals surface area (Å²) in [6, 6.07) is 6.77. The fraction of sp³-hybridized carbons (Fsp3) is 0.545. The number of piperidine rings is 1. The van der Waals surface area contributed by atoms with E-state index in [4.69, 9.17) is 4.74 Å². The summed E-state index contributed by atoms with van der Waals surface area (Å²) in [6.45, 7) is 8.27. The van der Waals surface area contributed by atoms with E-state index in [1.807, 2.05) is 0 Å². The van der Waals surface area contributed by atoms with E-state index in [0.717, 1.165) is 12.8 Å². The molecule has 9 nitrogen and oxygen atoms in total. The first-order chi connectivity index (χ1) is 14.5. The van der Waals surface area contributed by atoms with E-state index in [1.165, 1.54) is 6.92 Å². The summed E-state index contributed by atoms with van der Waals surface area (Å²) in [5, 5.41) is 8.07. The highest BCUT2D eigenvalue weighted by molar-refractivity contribution is 5.96. The van der Waals surface area contributed by atoms with Gasteiger partial charge >= 0.3 is 6.09 Å². The molecule has 4 amide bonds. The first kappa shape index (κ1) is 24.2. The number of carbonyl (C=O) groups is 4. The van der Waals surface area contributed by atoms with E-state index < -0.39 is 11.7 Å². The Morgan fingerprint density at radius 2 is 1.77 bits per heavy atom. The molecule has 0 aromatic heterocycles. The second-order valence-corrected chi connectivity index (χ2v) is 8.65. The standard InChI is InChI=1S/C22H32N4O5/c1-15(27)25-18-7-5-6-17(12-18)20(29)23-13-16-8-10-26(11-9-16)19(28)14-24-21(30)31-22(2,3)4/h5-7,12,16H,8-11,13-14H2,1-4H3,(H,23,29)(H,24,30)(H,25,27). The van der Waals surface area contributed by atoms with Crippen molar-refractivity contribution < 1.29 is 23.9 Å². The van der Waals surface area contributed by atoms with Crippen LogP contribution in [0.15, 0.2) is 24.3 Å². The van der Waals surface area contributed by atoms with Gasteiger partial charge in [-0.25, -0.2) is 4.79 Å². The minimum Gasteiger partial charge on any atom is -0.444 e. The number of ether oxygens (including phenoxy) is 1. The van der Waals surface area contributed by atoms with Crippen LogP contribution in [0.25, 0.3) is 0 Å². The molecule has 1 fully saturated rings. The predicted octanol–water partition coefficient (Wildman–Crippen LogP) is 2.14. The number of hydrogen-bond donors (Lipinski definition) is 3. The molecule has 0 saturated carbocycles. The van der Waals surface area contributed by atoms with Crippen molar-refractivity contribution >= 4 is 29.5 Å². The summed E-state index contributed by atoms with van der Waals surface area (Å²) in [7, 11) is 0. The Morgan fingerprint density at radius 3 is 2.39 bits per heavy atom. The highest BCUT2D eigenvalue weighted by Gasteiger charge is 2.24. The molecule has 2 rings (SSSR count). The highest BCUT2D eigenvalue weighted by atomic mass is 16.6. The van der Waals surface area contributed by atoms with E-state index in [2.05, 4.69) is 16.0 Å². The lowest BCUT2D eigenvalue weighted by molar-refractivity contribution is -0.131. The summed E-state index contributed by atoms with van der Waals surface area (Å²) >= 11 is 0. The van der Waals surface area contributed by atoms with Crippen molar-refractivity contribution in [3.8, 4) is 0 Å². The minimum absolute atomic E-state index is 0.0963. The molecule has 0 radical (unpaired) electrons. The number of amides is 4. The summed E-state index contributed by atoms with van der Waals surface area (Å²) in [4.78, 5) is 49.2. The second-order valence-electron chi connectivity index (χ2n) is 8.65. The fourth-order valence-electron chi connectivity index (χ4n) is 3.24. The molecule has 1 aromatic rings. The third kappa shape index (κ3) is 8.65. The Labute approximate surface area is 182 Å². The SMILES string of the molecule is CC(=O)Nc1cccc(C(=O)NCC2CCN(C(=O)CNC(=O)OC(C)(C)C)CC2)c1. The molecule has 0 bridgehead atoms. The van der Waals surface area contributed by atoms with Crippen molar-refractivity contribution in [2.75, 3.05) is 31.5 Å². The maximum absolute atomic E-state index is 12.4. The summed E-state index contributed by atoms with van der Waals surface area (Å²) in [6.07, 6.45) is 0.926. The Kier molecular flexibility index (Phi) is 8.41. The molecule has 9 heteroatoms. The smallest absolute Gasteiger partial charge is 0.408 e. The molecule has 0 aliphatic carbocycles. The summed E-state index contributed by atoms with van der Waals surface area (Å²) in [5.41, 5.74) is 0.445. The lowest BCUT2D eigenvalue weighted by atomic mass is 9.96. The van der Waals surface area contributed by atoms with Crippen LogP contribution in [0.3, 0.4) is 0 Å². The number of hydrogen-bond acceptors (Lipinski definition) is 5. The van der Waals surface area contributed by atoms with E-state index in [9.17, 15) is 19.2 Å². The summed E-state index contributed by atoms with van der Waals surface area (Å²) in [5.74, 6) is -0.277. The van der Waals surface area contributed by atoms with E-state index >= 15 is 0 Å². The lowest BCUT2D eigenvalue weighted by Gasteiger charge is -2.32. The van der Waals surface area contributed by atoms with E-state index in [1.54, 1.807) is 49.9 Å². The Hall–Kier alpha value is -3.10. The van der Waals surface area contributed by atoms with Gasteiger partial charge in [-0.15, -0.1) is 0 Å². The van der Waals surface area contributed by atoms with Crippen molar-refractivity contribution in [2.45, 2.75) is 46.1 Å². The van der Waals surface area contributed by atoms with Crippen LogP contribution in [0, 0.1) is 5.92 Å². The quantitative estimate of drug-likeness (QED) is 0.637. The number of anilines is 1. The van der Waals surface area contributed by atoms with Gasteiger partial charge in [0.15, 0.2) is 0 Å². The molecule has 1 heterocycles. The van der Waals surface area contributed by atoms with Gasteiger partial charge in [-0.3, -0.25) is 14.4 Å². The number of benzene rings is 1. The second kappa shape index (κ2) is 10.8. The third-order valence-electron chi connectivity index (χ3n) is 4.75. The predicted molar refractivity (Wildman–Crippen MR) is 117 cm³/mol.